The van der Waals surface area contributed by atoms with E-state index < -0.39 is 23.4 Å². The minimum absolute atomic E-state index is 0.00688. The highest BCUT2D eigenvalue weighted by Crippen LogP contribution is 2.47. The molecule has 1 N–H and O–H groups in total. The summed E-state index contributed by atoms with van der Waals surface area (Å²) in [5, 5.41) is 12.5. The molecule has 1 atom stereocenters. The molecule has 1 aromatic heterocycles. The lowest BCUT2D eigenvalue weighted by Crippen LogP contribution is -2.22. The number of aromatic hydroxyl groups is 1. The number of thioether (sulfide) groups is 1. The molecule has 0 saturated heterocycles. The van der Waals surface area contributed by atoms with Crippen molar-refractivity contribution in [3.8, 4) is 5.75 Å². The van der Waals surface area contributed by atoms with Crippen LogP contribution in [0.3, 0.4) is 0 Å². The number of carbonyl (C=O) groups excluding carboxylic acids is 1. The zero-order valence-corrected chi connectivity index (χ0v) is 18.0. The molecule has 1 unspecified atom stereocenters. The lowest BCUT2D eigenvalue weighted by Gasteiger charge is -2.25. The van der Waals surface area contributed by atoms with E-state index in [2.05, 4.69) is 6.08 Å². The third-order valence-corrected chi connectivity index (χ3v) is 7.56. The quantitative estimate of drug-likeness (QED) is 0.467. The van der Waals surface area contributed by atoms with E-state index in [-0.39, 0.29) is 15.0 Å². The monoisotopic (exact) mass is 461 g/mol. The van der Waals surface area contributed by atoms with Crippen LogP contribution in [-0.4, -0.2) is 23.0 Å². The number of halogens is 3. The van der Waals surface area contributed by atoms with Gasteiger partial charge in [0, 0.05) is 23.3 Å². The van der Waals surface area contributed by atoms with Crippen LogP contribution in [0.25, 0.3) is 10.1 Å². The number of hydrogen-bond acceptors (Lipinski definition) is 4. The Hall–Kier alpha value is -2.71. The molecule has 1 aliphatic heterocycles. The summed E-state index contributed by atoms with van der Waals surface area (Å²) in [5.74, 6) is -0.909. The molecule has 160 valence electrons. The van der Waals surface area contributed by atoms with Gasteiger partial charge in [-0.15, -0.1) is 23.1 Å². The van der Waals surface area contributed by atoms with Crippen molar-refractivity contribution in [1.82, 2.24) is 4.90 Å². The minimum atomic E-state index is -4.52. The number of fused-ring (bicyclic) bond motifs is 1. The van der Waals surface area contributed by atoms with E-state index in [9.17, 15) is 23.1 Å². The molecule has 1 amide bonds. The Labute approximate surface area is 185 Å². The fourth-order valence-electron chi connectivity index (χ4n) is 3.42. The molecule has 0 saturated carbocycles. The first-order chi connectivity index (χ1) is 14.7. The average molecular weight is 462 g/mol. The lowest BCUT2D eigenvalue weighted by molar-refractivity contribution is -0.137. The first-order valence-electron chi connectivity index (χ1n) is 9.39. The molecule has 0 bridgehead atoms. The summed E-state index contributed by atoms with van der Waals surface area (Å²) in [4.78, 5) is 14.3. The zero-order chi connectivity index (χ0) is 22.2. The van der Waals surface area contributed by atoms with Gasteiger partial charge in [0.15, 0.2) is 0 Å². The highest BCUT2D eigenvalue weighted by Gasteiger charge is 2.33. The van der Waals surface area contributed by atoms with Crippen molar-refractivity contribution in [2.24, 2.45) is 0 Å². The standard InChI is InChI=1S/C23H18F3NO2S2/c1-27(12-11-22(10-5-13-30-22)15-6-3-2-4-7-15)21(29)20-19(28)17-14-16(23(24,25)26)8-9-18(17)31-20/h2-9,11-14,28H,10H2,1H3. The van der Waals surface area contributed by atoms with Gasteiger partial charge < -0.3 is 10.0 Å². The van der Waals surface area contributed by atoms with Crippen molar-refractivity contribution in [1.29, 1.82) is 0 Å². The molecule has 8 heteroatoms. The number of rotatable bonds is 4. The second-order valence-electron chi connectivity index (χ2n) is 7.17. The van der Waals surface area contributed by atoms with Gasteiger partial charge in [0.25, 0.3) is 5.91 Å². The lowest BCUT2D eigenvalue weighted by atomic mass is 9.94. The van der Waals surface area contributed by atoms with Gasteiger partial charge in [-0.1, -0.05) is 36.4 Å². The number of alkyl halides is 3. The molecule has 0 aliphatic carbocycles. The molecular weight excluding hydrogens is 443 g/mol. The smallest absolute Gasteiger partial charge is 0.416 e. The van der Waals surface area contributed by atoms with Gasteiger partial charge in [0.2, 0.25) is 0 Å². The second kappa shape index (κ2) is 8.09. The van der Waals surface area contributed by atoms with Crippen LogP contribution < -0.4 is 0 Å². The van der Waals surface area contributed by atoms with E-state index in [0.717, 1.165) is 35.5 Å². The van der Waals surface area contributed by atoms with Crippen molar-refractivity contribution in [3.05, 3.63) is 88.3 Å². The number of hydrogen-bond donors (Lipinski definition) is 1. The Kier molecular flexibility index (Phi) is 5.61. The van der Waals surface area contributed by atoms with Crippen LogP contribution in [0.5, 0.6) is 5.75 Å². The van der Waals surface area contributed by atoms with Crippen LogP contribution in [0.15, 0.2) is 72.3 Å². The van der Waals surface area contributed by atoms with Crippen LogP contribution in [-0.2, 0) is 10.9 Å². The van der Waals surface area contributed by atoms with Crippen LogP contribution >= 0.6 is 23.1 Å². The van der Waals surface area contributed by atoms with Crippen LogP contribution in [0.1, 0.15) is 27.2 Å². The van der Waals surface area contributed by atoms with Crippen molar-refractivity contribution in [3.63, 3.8) is 0 Å². The zero-order valence-electron chi connectivity index (χ0n) is 16.4. The summed E-state index contributed by atoms with van der Waals surface area (Å²) >= 11 is 2.62. The Morgan fingerprint density at radius 3 is 2.58 bits per heavy atom. The van der Waals surface area contributed by atoms with Crippen molar-refractivity contribution >= 4 is 39.1 Å². The number of thiophene rings is 1. The Morgan fingerprint density at radius 1 is 1.19 bits per heavy atom. The maximum Gasteiger partial charge on any atom is 0.416 e. The maximum absolute atomic E-state index is 13.0. The first kappa shape index (κ1) is 21.5. The van der Waals surface area contributed by atoms with Crippen LogP contribution in [0.2, 0.25) is 0 Å². The number of allylic oxidation sites excluding steroid dienone is 1. The molecule has 2 aromatic carbocycles. The third kappa shape index (κ3) is 4.09. The fourth-order valence-corrected chi connectivity index (χ4v) is 5.52. The molecule has 0 spiro atoms. The molecule has 2 heterocycles. The molecule has 31 heavy (non-hydrogen) atoms. The third-order valence-electron chi connectivity index (χ3n) is 5.13. The number of carbonyl (C=O) groups is 1. The molecule has 3 aromatic rings. The van der Waals surface area contributed by atoms with Gasteiger partial charge in [-0.25, -0.2) is 0 Å². The Morgan fingerprint density at radius 2 is 1.94 bits per heavy atom. The fraction of sp³-hybridized carbons (Fsp3) is 0.174. The summed E-state index contributed by atoms with van der Waals surface area (Å²) in [6, 6.07) is 13.0. The predicted molar refractivity (Wildman–Crippen MR) is 119 cm³/mol. The molecule has 3 nitrogen and oxygen atoms in total. The number of nitrogens with zero attached hydrogens (tertiary/aromatic N) is 1. The molecule has 0 radical (unpaired) electrons. The summed E-state index contributed by atoms with van der Waals surface area (Å²) in [6.07, 6.45) is 1.91. The summed E-state index contributed by atoms with van der Waals surface area (Å²) in [7, 11) is 1.57. The summed E-state index contributed by atoms with van der Waals surface area (Å²) in [6.45, 7) is 0. The van der Waals surface area contributed by atoms with Crippen molar-refractivity contribution in [2.75, 3.05) is 7.05 Å². The van der Waals surface area contributed by atoms with Gasteiger partial charge in [0.05, 0.1) is 10.3 Å². The van der Waals surface area contributed by atoms with Crippen molar-refractivity contribution in [2.45, 2.75) is 17.3 Å². The highest BCUT2D eigenvalue weighted by atomic mass is 32.2. The van der Waals surface area contributed by atoms with Crippen LogP contribution in [0.4, 0.5) is 13.2 Å². The predicted octanol–water partition coefficient (Wildman–Crippen LogP) is 6.76. The van der Waals surface area contributed by atoms with E-state index in [1.807, 2.05) is 41.8 Å². The van der Waals surface area contributed by atoms with Gasteiger partial charge >= 0.3 is 6.18 Å². The second-order valence-corrected chi connectivity index (χ2v) is 9.46. The Bertz CT molecular complexity index is 1170. The van der Waals surface area contributed by atoms with Gasteiger partial charge in [-0.05, 0) is 41.7 Å². The van der Waals surface area contributed by atoms with Crippen LogP contribution in [0, 0.1) is 0 Å². The Balaban J connectivity index is 1.62. The minimum Gasteiger partial charge on any atom is -0.506 e. The van der Waals surface area contributed by atoms with Crippen molar-refractivity contribution < 1.29 is 23.1 Å². The molecule has 4 rings (SSSR count). The number of amides is 1. The number of benzene rings is 2. The van der Waals surface area contributed by atoms with Gasteiger partial charge in [-0.2, -0.15) is 13.2 Å². The first-order valence-corrected chi connectivity index (χ1v) is 11.1. The normalized spacial score (nSPS) is 18.8. The van der Waals surface area contributed by atoms with E-state index in [1.165, 1.54) is 11.0 Å². The van der Waals surface area contributed by atoms with E-state index in [4.69, 9.17) is 0 Å². The average Bonchev–Trinajstić information content (AvgIpc) is 3.37. The molecule has 1 aliphatic rings. The SMILES string of the molecule is CN(C=CC1(c2ccccc2)CC=CS1)C(=O)c1sc2ccc(C(F)(F)F)cc2c1O. The molecular formula is C23H18F3NO2S2. The molecule has 0 fully saturated rings. The van der Waals surface area contributed by atoms with Gasteiger partial charge in [-0.3, -0.25) is 4.79 Å². The summed E-state index contributed by atoms with van der Waals surface area (Å²) in [5.41, 5.74) is 0.238. The van der Waals surface area contributed by atoms with E-state index >= 15 is 0 Å². The van der Waals surface area contributed by atoms with E-state index in [0.29, 0.717) is 4.70 Å². The maximum atomic E-state index is 13.0. The summed E-state index contributed by atoms with van der Waals surface area (Å²) < 4.78 is 39.1. The largest absolute Gasteiger partial charge is 0.506 e. The topological polar surface area (TPSA) is 40.5 Å². The van der Waals surface area contributed by atoms with E-state index in [1.54, 1.807) is 25.0 Å². The van der Waals surface area contributed by atoms with Gasteiger partial charge in [0.1, 0.15) is 10.6 Å². The highest BCUT2D eigenvalue weighted by molar-refractivity contribution is 8.03.